The average molecular weight is 419 g/mol. The van der Waals surface area contributed by atoms with E-state index in [0.29, 0.717) is 0 Å². The number of allylic oxidation sites excluding steroid dienone is 9. The molecule has 1 aliphatic carbocycles. The number of carbonyl (C=O) groups is 2. The minimum atomic E-state index is -0.361. The van der Waals surface area contributed by atoms with Gasteiger partial charge in [-0.3, -0.25) is 4.79 Å². The molecule has 0 unspecified atom stereocenters. The predicted molar refractivity (Wildman–Crippen MR) is 128 cm³/mol. The molecule has 0 radical (unpaired) electrons. The van der Waals surface area contributed by atoms with Crippen LogP contribution in [0, 0.1) is 11.3 Å². The maximum absolute atomic E-state index is 13.1. The van der Waals surface area contributed by atoms with Crippen molar-refractivity contribution < 1.29 is 14.3 Å². The van der Waals surface area contributed by atoms with Crippen LogP contribution < -0.4 is 0 Å². The molecule has 0 saturated carbocycles. The lowest BCUT2D eigenvalue weighted by Crippen LogP contribution is -2.33. The van der Waals surface area contributed by atoms with Crippen LogP contribution >= 0.6 is 0 Å². The van der Waals surface area contributed by atoms with Gasteiger partial charge in [0.15, 0.2) is 5.78 Å². The number of hydrogen-bond acceptors (Lipinski definition) is 3. The van der Waals surface area contributed by atoms with Crippen LogP contribution in [0.5, 0.6) is 0 Å². The summed E-state index contributed by atoms with van der Waals surface area (Å²) >= 11 is 0. The van der Waals surface area contributed by atoms with Crippen LogP contribution in [0.15, 0.2) is 89.1 Å². The van der Waals surface area contributed by atoms with Crippen LogP contribution in [0.4, 0.5) is 0 Å². The predicted octanol–water partition coefficient (Wildman–Crippen LogP) is 6.34. The van der Waals surface area contributed by atoms with Crippen LogP contribution in [0.25, 0.3) is 0 Å². The Balaban J connectivity index is 2.15. The van der Waals surface area contributed by atoms with E-state index in [1.165, 1.54) is 18.7 Å². The monoisotopic (exact) mass is 418 g/mol. The van der Waals surface area contributed by atoms with E-state index < -0.39 is 0 Å². The lowest BCUT2D eigenvalue weighted by atomic mass is 9.66. The fourth-order valence-electron chi connectivity index (χ4n) is 4.09. The Kier molecular flexibility index (Phi) is 8.56. The van der Waals surface area contributed by atoms with Crippen LogP contribution in [-0.2, 0) is 20.7 Å². The van der Waals surface area contributed by atoms with Crippen LogP contribution in [0.3, 0.4) is 0 Å². The molecule has 0 aromatic heterocycles. The van der Waals surface area contributed by atoms with E-state index in [-0.39, 0.29) is 23.1 Å². The Bertz CT molecular complexity index is 953. The summed E-state index contributed by atoms with van der Waals surface area (Å²) in [6.07, 6.45) is 13.0. The molecule has 31 heavy (non-hydrogen) atoms. The van der Waals surface area contributed by atoms with Crippen LogP contribution in [0.1, 0.15) is 46.6 Å². The van der Waals surface area contributed by atoms with Crippen molar-refractivity contribution in [1.82, 2.24) is 0 Å². The normalized spacial score (nSPS) is 20.1. The van der Waals surface area contributed by atoms with E-state index in [2.05, 4.69) is 42.9 Å². The largest absolute Gasteiger partial charge is 0.466 e. The maximum atomic E-state index is 13.1. The van der Waals surface area contributed by atoms with Crippen LogP contribution in [-0.4, -0.2) is 18.9 Å². The third kappa shape index (κ3) is 7.06. The smallest absolute Gasteiger partial charge is 0.330 e. The van der Waals surface area contributed by atoms with Crippen molar-refractivity contribution in [1.29, 1.82) is 0 Å². The number of ether oxygens (including phenoxy) is 1. The SMILES string of the molecule is COC(=O)/C=C(C)/C=C/C=C(C)/C=C/C1=C(C)C(=O)[C@@H](Cc2ccccc2)CC1(C)C. The number of Topliss-reactive ketones (excluding diaryl/α,β-unsaturated/α-hetero) is 1. The van der Waals surface area contributed by atoms with E-state index in [9.17, 15) is 9.59 Å². The zero-order valence-electron chi connectivity index (χ0n) is 19.6. The van der Waals surface area contributed by atoms with Gasteiger partial charge in [-0.15, -0.1) is 0 Å². The van der Waals surface area contributed by atoms with Gasteiger partial charge in [-0.05, 0) is 61.3 Å². The third-order valence-corrected chi connectivity index (χ3v) is 5.73. The first kappa shape index (κ1) is 24.3. The molecule has 164 valence electrons. The van der Waals surface area contributed by atoms with E-state index in [0.717, 1.165) is 35.1 Å². The number of benzene rings is 1. The number of rotatable bonds is 7. The molecule has 3 heteroatoms. The Hall–Kier alpha value is -2.94. The van der Waals surface area contributed by atoms with Gasteiger partial charge >= 0.3 is 5.97 Å². The summed E-state index contributed by atoms with van der Waals surface area (Å²) < 4.78 is 4.62. The summed E-state index contributed by atoms with van der Waals surface area (Å²) in [6.45, 7) is 10.3. The van der Waals surface area contributed by atoms with Gasteiger partial charge in [-0.2, -0.15) is 0 Å². The Labute approximate surface area is 186 Å². The molecule has 1 aromatic carbocycles. The van der Waals surface area contributed by atoms with Crippen LogP contribution in [0.2, 0.25) is 0 Å². The first-order valence-corrected chi connectivity index (χ1v) is 10.7. The molecule has 1 aliphatic rings. The minimum Gasteiger partial charge on any atom is -0.466 e. The Morgan fingerprint density at radius 1 is 1.13 bits per heavy atom. The Morgan fingerprint density at radius 3 is 2.45 bits per heavy atom. The van der Waals surface area contributed by atoms with Crippen molar-refractivity contribution in [2.45, 2.75) is 47.5 Å². The highest BCUT2D eigenvalue weighted by molar-refractivity contribution is 5.99. The summed E-state index contributed by atoms with van der Waals surface area (Å²) in [5.41, 5.74) is 5.02. The molecule has 0 saturated heterocycles. The molecule has 0 amide bonds. The summed E-state index contributed by atoms with van der Waals surface area (Å²) in [5.74, 6) is -0.0773. The van der Waals surface area contributed by atoms with Gasteiger partial charge in [-0.1, -0.05) is 80.1 Å². The maximum Gasteiger partial charge on any atom is 0.330 e. The standard InChI is InChI=1S/C28H34O3/c1-20(11-10-12-21(2)17-26(29)31-6)15-16-25-22(3)27(30)24(19-28(25,4)5)18-23-13-8-7-9-14-23/h7-17,24H,18-19H2,1-6H3/b12-10+,16-15+,20-11+,21-17+/t24-/m0/s1. The number of esters is 1. The molecular weight excluding hydrogens is 384 g/mol. The fraction of sp³-hybridized carbons (Fsp3) is 0.357. The molecule has 1 aromatic rings. The average Bonchev–Trinajstić information content (AvgIpc) is 2.72. The number of hydrogen-bond donors (Lipinski definition) is 0. The van der Waals surface area contributed by atoms with Crippen molar-refractivity contribution in [2.24, 2.45) is 11.3 Å². The van der Waals surface area contributed by atoms with Gasteiger partial charge < -0.3 is 4.74 Å². The molecule has 1 atom stereocenters. The molecule has 0 aliphatic heterocycles. The molecule has 0 heterocycles. The highest BCUT2D eigenvalue weighted by atomic mass is 16.5. The Morgan fingerprint density at radius 2 is 1.81 bits per heavy atom. The lowest BCUT2D eigenvalue weighted by molar-refractivity contribution is -0.134. The molecule has 3 nitrogen and oxygen atoms in total. The molecule has 0 N–H and O–H groups in total. The first-order chi connectivity index (χ1) is 14.6. The molecule has 0 bridgehead atoms. The van der Waals surface area contributed by atoms with Crippen molar-refractivity contribution in [3.63, 3.8) is 0 Å². The zero-order valence-corrected chi connectivity index (χ0v) is 19.6. The number of ketones is 1. The minimum absolute atomic E-state index is 0.0266. The molecular formula is C28H34O3. The number of carbonyl (C=O) groups excluding carboxylic acids is 2. The second kappa shape index (κ2) is 10.9. The topological polar surface area (TPSA) is 43.4 Å². The summed E-state index contributed by atoms with van der Waals surface area (Å²) in [6, 6.07) is 10.3. The van der Waals surface area contributed by atoms with Gasteiger partial charge in [0.25, 0.3) is 0 Å². The lowest BCUT2D eigenvalue weighted by Gasteiger charge is -2.37. The quantitative estimate of drug-likeness (QED) is 0.295. The zero-order chi connectivity index (χ0) is 23.0. The van der Waals surface area contributed by atoms with Gasteiger partial charge in [0.1, 0.15) is 0 Å². The van der Waals surface area contributed by atoms with Crippen molar-refractivity contribution in [3.05, 3.63) is 94.6 Å². The summed E-state index contributed by atoms with van der Waals surface area (Å²) in [7, 11) is 1.36. The highest BCUT2D eigenvalue weighted by Gasteiger charge is 2.37. The van der Waals surface area contributed by atoms with E-state index in [1.807, 2.05) is 57.2 Å². The van der Waals surface area contributed by atoms with E-state index >= 15 is 0 Å². The summed E-state index contributed by atoms with van der Waals surface area (Å²) in [5, 5.41) is 0. The second-order valence-electron chi connectivity index (χ2n) is 8.89. The van der Waals surface area contributed by atoms with Crippen molar-refractivity contribution >= 4 is 11.8 Å². The van der Waals surface area contributed by atoms with Gasteiger partial charge in [-0.25, -0.2) is 4.79 Å². The van der Waals surface area contributed by atoms with E-state index in [1.54, 1.807) is 0 Å². The molecule has 2 rings (SSSR count). The van der Waals surface area contributed by atoms with Gasteiger partial charge in [0.05, 0.1) is 7.11 Å². The van der Waals surface area contributed by atoms with Gasteiger partial charge in [0, 0.05) is 12.0 Å². The summed E-state index contributed by atoms with van der Waals surface area (Å²) in [4.78, 5) is 24.3. The number of methoxy groups -OCH3 is 1. The first-order valence-electron chi connectivity index (χ1n) is 10.7. The van der Waals surface area contributed by atoms with Crippen molar-refractivity contribution in [3.8, 4) is 0 Å². The highest BCUT2D eigenvalue weighted by Crippen LogP contribution is 2.43. The van der Waals surface area contributed by atoms with E-state index in [4.69, 9.17) is 0 Å². The van der Waals surface area contributed by atoms with Gasteiger partial charge in [0.2, 0.25) is 0 Å². The fourth-order valence-corrected chi connectivity index (χ4v) is 4.09. The van der Waals surface area contributed by atoms with Crippen molar-refractivity contribution in [2.75, 3.05) is 7.11 Å². The second-order valence-corrected chi connectivity index (χ2v) is 8.89. The molecule has 0 fully saturated rings. The third-order valence-electron chi connectivity index (χ3n) is 5.73. The molecule has 0 spiro atoms.